The lowest BCUT2D eigenvalue weighted by Gasteiger charge is -2.38. The molecule has 4 heterocycles. The van der Waals surface area contributed by atoms with Gasteiger partial charge < -0.3 is 20.3 Å². The Kier molecular flexibility index (Phi) is 6.19. The number of hydrogen-bond acceptors (Lipinski definition) is 8. The molecule has 8 nitrogen and oxygen atoms in total. The van der Waals surface area contributed by atoms with Gasteiger partial charge >= 0.3 is 6.01 Å². The van der Waals surface area contributed by atoms with Crippen LogP contribution in [0, 0.1) is 28.4 Å². The number of rotatable bonds is 4. The van der Waals surface area contributed by atoms with Crippen LogP contribution in [0.1, 0.15) is 24.8 Å². The summed E-state index contributed by atoms with van der Waals surface area (Å²) in [4.78, 5) is 24.2. The van der Waals surface area contributed by atoms with Crippen molar-refractivity contribution in [2.75, 3.05) is 43.9 Å². The van der Waals surface area contributed by atoms with Crippen LogP contribution >= 0.6 is 22.9 Å². The van der Waals surface area contributed by atoms with Crippen LogP contribution in [-0.4, -0.2) is 54.6 Å². The highest BCUT2D eigenvalue weighted by atomic mass is 35.5. The van der Waals surface area contributed by atoms with Crippen LogP contribution < -0.4 is 15.4 Å². The van der Waals surface area contributed by atoms with Crippen LogP contribution in [0.5, 0.6) is 6.01 Å². The average molecular weight is 569 g/mol. The lowest BCUT2D eigenvalue weighted by atomic mass is 9.79. The first-order chi connectivity index (χ1) is 18.8. The van der Waals surface area contributed by atoms with Crippen molar-refractivity contribution >= 4 is 61.2 Å². The number of hydrogen-bond donors (Lipinski definition) is 1. The van der Waals surface area contributed by atoms with E-state index in [1.54, 1.807) is 6.07 Å². The highest BCUT2D eigenvalue weighted by molar-refractivity contribution is 7.23. The van der Waals surface area contributed by atoms with Crippen molar-refractivity contribution in [2.45, 2.75) is 19.3 Å². The van der Waals surface area contributed by atoms with E-state index in [2.05, 4.69) is 14.9 Å². The average Bonchev–Trinajstić information content (AvgIpc) is 3.50. The summed E-state index contributed by atoms with van der Waals surface area (Å²) in [5.74, 6) is -0.805. The number of methoxy groups -OCH3 is 1. The normalized spacial score (nSPS) is 19.3. The number of nitrogen functional groups attached to an aromatic ring is 1. The summed E-state index contributed by atoms with van der Waals surface area (Å²) in [5, 5.41) is 10.5. The molecule has 39 heavy (non-hydrogen) atoms. The molecule has 1 atom stereocenters. The molecule has 2 saturated heterocycles. The number of piperidine rings is 1. The van der Waals surface area contributed by atoms with Crippen LogP contribution in [0.2, 0.25) is 5.02 Å². The Hall–Kier alpha value is -3.75. The van der Waals surface area contributed by atoms with Crippen molar-refractivity contribution in [3.63, 3.8) is 0 Å². The third kappa shape index (κ3) is 4.01. The van der Waals surface area contributed by atoms with Crippen LogP contribution in [0.4, 0.5) is 19.6 Å². The number of nitrogens with two attached hydrogens (primary N) is 1. The summed E-state index contributed by atoms with van der Waals surface area (Å²) in [6.45, 7) is 2.73. The number of benzene rings is 2. The molecule has 1 unspecified atom stereocenters. The van der Waals surface area contributed by atoms with Crippen LogP contribution in [0.3, 0.4) is 0 Å². The summed E-state index contributed by atoms with van der Waals surface area (Å²) < 4.78 is 36.5. The molecule has 0 saturated carbocycles. The van der Waals surface area contributed by atoms with E-state index in [-0.39, 0.29) is 53.7 Å². The van der Waals surface area contributed by atoms with E-state index >= 15 is 4.39 Å². The summed E-state index contributed by atoms with van der Waals surface area (Å²) in [6.07, 6.45) is 3.67. The lowest BCUT2D eigenvalue weighted by Crippen LogP contribution is -2.44. The maximum atomic E-state index is 16.4. The molecule has 2 fully saturated rings. The predicted octanol–water partition coefficient (Wildman–Crippen LogP) is 5.35. The van der Waals surface area contributed by atoms with E-state index in [0.29, 0.717) is 30.8 Å². The van der Waals surface area contributed by atoms with Gasteiger partial charge in [0.25, 0.3) is 0 Å². The van der Waals surface area contributed by atoms with E-state index in [9.17, 15) is 14.4 Å². The Balaban J connectivity index is 1.53. The molecule has 1 amide bonds. The minimum atomic E-state index is -0.736. The van der Waals surface area contributed by atoms with Gasteiger partial charge in [-0.05, 0) is 37.0 Å². The summed E-state index contributed by atoms with van der Waals surface area (Å²) in [7, 11) is 1.41. The van der Waals surface area contributed by atoms with Gasteiger partial charge in [-0.2, -0.15) is 15.2 Å². The molecular weight excluding hydrogens is 546 g/mol. The highest BCUT2D eigenvalue weighted by Gasteiger charge is 2.42. The Labute approximate surface area is 231 Å². The fourth-order valence-corrected chi connectivity index (χ4v) is 7.28. The van der Waals surface area contributed by atoms with E-state index in [1.165, 1.54) is 19.2 Å². The van der Waals surface area contributed by atoms with Gasteiger partial charge in [-0.3, -0.25) is 4.79 Å². The van der Waals surface area contributed by atoms with E-state index in [1.807, 2.05) is 11.0 Å². The Morgan fingerprint density at radius 3 is 2.82 bits per heavy atom. The first kappa shape index (κ1) is 25.5. The third-order valence-electron chi connectivity index (χ3n) is 7.80. The number of aromatic nitrogens is 2. The maximum absolute atomic E-state index is 16.4. The second-order valence-corrected chi connectivity index (χ2v) is 11.5. The monoisotopic (exact) mass is 568 g/mol. The van der Waals surface area contributed by atoms with Gasteiger partial charge in [0.15, 0.2) is 5.82 Å². The molecule has 2 N–H and O–H groups in total. The van der Waals surface area contributed by atoms with Crippen LogP contribution in [-0.2, 0) is 4.79 Å². The fraction of sp³-hybridized carbons (Fsp3) is 0.333. The van der Waals surface area contributed by atoms with Crippen molar-refractivity contribution in [1.29, 1.82) is 5.26 Å². The number of halogens is 3. The molecule has 200 valence electrons. The second-order valence-electron chi connectivity index (χ2n) is 10.1. The van der Waals surface area contributed by atoms with E-state index in [0.717, 1.165) is 43.6 Å². The Morgan fingerprint density at radius 2 is 2.08 bits per heavy atom. The number of thiophene rings is 1. The Morgan fingerprint density at radius 1 is 1.26 bits per heavy atom. The summed E-state index contributed by atoms with van der Waals surface area (Å²) >= 11 is 7.65. The molecule has 2 aromatic heterocycles. The molecule has 0 aliphatic carbocycles. The molecule has 2 aromatic carbocycles. The molecule has 0 radical (unpaired) electrons. The minimum absolute atomic E-state index is 0.00505. The molecule has 0 bridgehead atoms. The van der Waals surface area contributed by atoms with E-state index < -0.39 is 11.6 Å². The number of fused-ring (bicyclic) bond motifs is 2. The molecular formula is C27H23ClF2N6O2S. The largest absolute Gasteiger partial charge is 0.467 e. The van der Waals surface area contributed by atoms with Gasteiger partial charge in [0, 0.05) is 47.9 Å². The van der Waals surface area contributed by atoms with Crippen molar-refractivity contribution in [1.82, 2.24) is 14.9 Å². The zero-order valence-corrected chi connectivity index (χ0v) is 22.5. The Bertz CT molecular complexity index is 1710. The van der Waals surface area contributed by atoms with Crippen molar-refractivity contribution in [3.8, 4) is 23.2 Å². The van der Waals surface area contributed by atoms with E-state index in [4.69, 9.17) is 22.1 Å². The SMILES string of the molecule is COc1nc(N2CCC3(CCCN(C=O)C3)C2)c2cc(Cl)c(-c3ccc(F)c4sc(N)c(C#N)c34)c(F)c2n1. The molecule has 1 spiro atoms. The number of carbonyl (C=O) groups is 1. The quantitative estimate of drug-likeness (QED) is 0.330. The number of carbonyl (C=O) groups excluding carboxylic acids is 1. The van der Waals surface area contributed by atoms with Gasteiger partial charge in [0.05, 0.1) is 22.4 Å². The van der Waals surface area contributed by atoms with Gasteiger partial charge in [-0.15, -0.1) is 11.3 Å². The first-order valence-corrected chi connectivity index (χ1v) is 13.6. The molecule has 6 rings (SSSR count). The highest BCUT2D eigenvalue weighted by Crippen LogP contribution is 2.47. The standard InChI is InChI=1S/C27H23ClF2N6O2S/c1-38-26-33-22-15(25(34-26)36-8-6-27(12-36)5-2-7-35(11-27)13-37)9-17(28)20(21(22)30)14-3-4-18(29)23-19(14)16(10-31)24(32)39-23/h3-4,9,13H,2,5-8,11-12,32H2,1H3. The second kappa shape index (κ2) is 9.47. The van der Waals surface area contributed by atoms with Crippen LogP contribution in [0.15, 0.2) is 18.2 Å². The topological polar surface area (TPSA) is 108 Å². The number of anilines is 2. The molecule has 2 aliphatic rings. The number of nitrogens with zero attached hydrogens (tertiary/aromatic N) is 5. The molecule has 12 heteroatoms. The first-order valence-electron chi connectivity index (χ1n) is 12.4. The number of ether oxygens (including phenoxy) is 1. The summed E-state index contributed by atoms with van der Waals surface area (Å²) in [5.41, 5.74) is 6.22. The van der Waals surface area contributed by atoms with Crippen molar-refractivity contribution in [3.05, 3.63) is 40.4 Å². The van der Waals surface area contributed by atoms with Gasteiger partial charge in [-0.25, -0.2) is 8.78 Å². The van der Waals surface area contributed by atoms with Gasteiger partial charge in [-0.1, -0.05) is 17.7 Å². The van der Waals surface area contributed by atoms with Crippen molar-refractivity contribution in [2.24, 2.45) is 5.41 Å². The lowest BCUT2D eigenvalue weighted by molar-refractivity contribution is -0.121. The number of nitriles is 1. The van der Waals surface area contributed by atoms with Crippen molar-refractivity contribution < 1.29 is 18.3 Å². The fourth-order valence-electron chi connectivity index (χ4n) is 6.03. The number of amides is 1. The predicted molar refractivity (Wildman–Crippen MR) is 147 cm³/mol. The zero-order chi connectivity index (χ0) is 27.5. The smallest absolute Gasteiger partial charge is 0.318 e. The maximum Gasteiger partial charge on any atom is 0.318 e. The van der Waals surface area contributed by atoms with Gasteiger partial charge in [0.1, 0.15) is 28.2 Å². The molecule has 4 aromatic rings. The third-order valence-corrected chi connectivity index (χ3v) is 9.13. The summed E-state index contributed by atoms with van der Waals surface area (Å²) in [6, 6.07) is 6.20. The molecule has 2 aliphatic heterocycles. The number of likely N-dealkylation sites (tertiary alicyclic amines) is 1. The minimum Gasteiger partial charge on any atom is -0.467 e. The zero-order valence-electron chi connectivity index (χ0n) is 20.9. The van der Waals surface area contributed by atoms with Crippen LogP contribution in [0.25, 0.3) is 32.1 Å². The van der Waals surface area contributed by atoms with Gasteiger partial charge in [0.2, 0.25) is 6.41 Å².